The third kappa shape index (κ3) is 7.54. The number of nitrogens with two attached hydrogens (primary N) is 1. The summed E-state index contributed by atoms with van der Waals surface area (Å²) in [6.07, 6.45) is 0. The standard InChI is InChI=1S/C23H24N2O8/c1-15(26)25(17-10-6-3-7-11-17)12-19(28)32-14-18(27)20(21(24)22(29)30)23(31)33-13-16-8-4-2-5-9-16/h2-11,20-21H,12-14,24H2,1H3,(H,29,30). The number of aliphatic carboxylic acids is 1. The van der Waals surface area contributed by atoms with Gasteiger partial charge < -0.3 is 25.2 Å². The third-order valence-electron chi connectivity index (χ3n) is 4.58. The van der Waals surface area contributed by atoms with E-state index < -0.39 is 54.7 Å². The Morgan fingerprint density at radius 1 is 0.939 bits per heavy atom. The Kier molecular flexibility index (Phi) is 9.25. The smallest absolute Gasteiger partial charge is 0.326 e. The van der Waals surface area contributed by atoms with Crippen LogP contribution in [-0.4, -0.2) is 53.9 Å². The van der Waals surface area contributed by atoms with E-state index in [4.69, 9.17) is 15.2 Å². The molecule has 0 aliphatic heterocycles. The zero-order valence-corrected chi connectivity index (χ0v) is 17.9. The number of anilines is 1. The van der Waals surface area contributed by atoms with E-state index in [0.29, 0.717) is 11.3 Å². The number of para-hydroxylation sites is 1. The van der Waals surface area contributed by atoms with Crippen molar-refractivity contribution in [1.82, 2.24) is 0 Å². The molecule has 10 nitrogen and oxygen atoms in total. The number of Topliss-reactive ketones (excluding diaryl/α,β-unsaturated/α-hetero) is 1. The van der Waals surface area contributed by atoms with E-state index in [0.717, 1.165) is 4.90 Å². The lowest BCUT2D eigenvalue weighted by Gasteiger charge is -2.21. The second kappa shape index (κ2) is 12.1. The number of amides is 1. The van der Waals surface area contributed by atoms with Crippen molar-refractivity contribution in [2.45, 2.75) is 19.6 Å². The van der Waals surface area contributed by atoms with Gasteiger partial charge in [0, 0.05) is 12.6 Å². The molecule has 0 aromatic heterocycles. The Morgan fingerprint density at radius 2 is 1.52 bits per heavy atom. The molecule has 0 aliphatic rings. The van der Waals surface area contributed by atoms with Crippen LogP contribution in [0.4, 0.5) is 5.69 Å². The molecular formula is C23H24N2O8. The van der Waals surface area contributed by atoms with E-state index >= 15 is 0 Å². The minimum Gasteiger partial charge on any atom is -0.480 e. The van der Waals surface area contributed by atoms with E-state index in [1.807, 2.05) is 0 Å². The van der Waals surface area contributed by atoms with Crippen molar-refractivity contribution in [1.29, 1.82) is 0 Å². The average Bonchev–Trinajstić information content (AvgIpc) is 2.80. The van der Waals surface area contributed by atoms with Crippen LogP contribution in [-0.2, 0) is 40.1 Å². The van der Waals surface area contributed by atoms with Crippen LogP contribution < -0.4 is 10.6 Å². The van der Waals surface area contributed by atoms with Crippen LogP contribution in [0.15, 0.2) is 60.7 Å². The van der Waals surface area contributed by atoms with Crippen LogP contribution in [0.1, 0.15) is 12.5 Å². The predicted molar refractivity (Wildman–Crippen MR) is 116 cm³/mol. The van der Waals surface area contributed by atoms with Gasteiger partial charge in [-0.25, -0.2) is 0 Å². The second-order valence-corrected chi connectivity index (χ2v) is 7.00. The fraction of sp³-hybridized carbons (Fsp3) is 0.261. The molecular weight excluding hydrogens is 432 g/mol. The largest absolute Gasteiger partial charge is 0.480 e. The lowest BCUT2D eigenvalue weighted by Crippen LogP contribution is -2.48. The zero-order chi connectivity index (χ0) is 24.4. The molecule has 0 spiro atoms. The topological polar surface area (TPSA) is 153 Å². The summed E-state index contributed by atoms with van der Waals surface area (Å²) in [6, 6.07) is 15.0. The molecule has 0 aliphatic carbocycles. The first kappa shape index (κ1) is 25.2. The minimum absolute atomic E-state index is 0.194. The van der Waals surface area contributed by atoms with Crippen molar-refractivity contribution >= 4 is 35.3 Å². The van der Waals surface area contributed by atoms with Gasteiger partial charge in [0.15, 0.2) is 12.4 Å². The third-order valence-corrected chi connectivity index (χ3v) is 4.58. The quantitative estimate of drug-likeness (QED) is 0.371. The lowest BCUT2D eigenvalue weighted by atomic mass is 9.96. The summed E-state index contributed by atoms with van der Waals surface area (Å²) >= 11 is 0. The highest BCUT2D eigenvalue weighted by Gasteiger charge is 2.38. The zero-order valence-electron chi connectivity index (χ0n) is 17.9. The summed E-state index contributed by atoms with van der Waals surface area (Å²) in [5.41, 5.74) is 6.59. The van der Waals surface area contributed by atoms with Crippen LogP contribution in [0.2, 0.25) is 0 Å². The number of carboxylic acids is 1. The Labute approximate surface area is 189 Å². The first-order valence-corrected chi connectivity index (χ1v) is 9.91. The number of carbonyl (C=O) groups is 5. The molecule has 2 unspecified atom stereocenters. The molecule has 2 atom stereocenters. The number of carboxylic acid groups (broad SMARTS) is 1. The minimum atomic E-state index is -1.89. The summed E-state index contributed by atoms with van der Waals surface area (Å²) in [7, 11) is 0. The first-order valence-electron chi connectivity index (χ1n) is 9.91. The van der Waals surface area contributed by atoms with E-state index in [2.05, 4.69) is 0 Å². The maximum atomic E-state index is 12.5. The van der Waals surface area contributed by atoms with E-state index in [1.165, 1.54) is 6.92 Å². The molecule has 0 radical (unpaired) electrons. The van der Waals surface area contributed by atoms with Crippen molar-refractivity contribution in [3.63, 3.8) is 0 Å². The van der Waals surface area contributed by atoms with Crippen LogP contribution in [0.5, 0.6) is 0 Å². The van der Waals surface area contributed by atoms with Gasteiger partial charge in [-0.1, -0.05) is 48.5 Å². The van der Waals surface area contributed by atoms with Gasteiger partial charge >= 0.3 is 17.9 Å². The van der Waals surface area contributed by atoms with Gasteiger partial charge in [-0.3, -0.25) is 24.0 Å². The van der Waals surface area contributed by atoms with Crippen molar-refractivity contribution in [3.8, 4) is 0 Å². The summed E-state index contributed by atoms with van der Waals surface area (Å²) in [4.78, 5) is 61.5. The highest BCUT2D eigenvalue weighted by Crippen LogP contribution is 2.14. The fourth-order valence-corrected chi connectivity index (χ4v) is 2.85. The molecule has 3 N–H and O–H groups in total. The number of nitrogens with zero attached hydrogens (tertiary/aromatic N) is 1. The fourth-order valence-electron chi connectivity index (χ4n) is 2.85. The van der Waals surface area contributed by atoms with Crippen molar-refractivity contribution in [2.24, 2.45) is 11.7 Å². The number of rotatable bonds is 11. The highest BCUT2D eigenvalue weighted by atomic mass is 16.5. The molecule has 33 heavy (non-hydrogen) atoms. The molecule has 0 bridgehead atoms. The summed E-state index contributed by atoms with van der Waals surface area (Å²) in [5, 5.41) is 9.18. The van der Waals surface area contributed by atoms with E-state index in [-0.39, 0.29) is 6.61 Å². The normalized spacial score (nSPS) is 12.2. The summed E-state index contributed by atoms with van der Waals surface area (Å²) in [5.74, 6) is -7.02. The molecule has 2 aromatic carbocycles. The Morgan fingerprint density at radius 3 is 2.06 bits per heavy atom. The average molecular weight is 456 g/mol. The number of esters is 2. The predicted octanol–water partition coefficient (Wildman–Crippen LogP) is 0.923. The Hall–Kier alpha value is -4.05. The first-order chi connectivity index (χ1) is 15.7. The molecule has 0 saturated carbocycles. The molecule has 174 valence electrons. The van der Waals surface area contributed by atoms with Gasteiger partial charge in [0.2, 0.25) is 5.91 Å². The number of hydrogen-bond acceptors (Lipinski definition) is 8. The van der Waals surface area contributed by atoms with Gasteiger partial charge in [0.25, 0.3) is 0 Å². The van der Waals surface area contributed by atoms with Gasteiger partial charge in [0.05, 0.1) is 0 Å². The van der Waals surface area contributed by atoms with E-state index in [1.54, 1.807) is 60.7 Å². The van der Waals surface area contributed by atoms with Crippen LogP contribution in [0, 0.1) is 5.92 Å². The van der Waals surface area contributed by atoms with Crippen LogP contribution in [0.3, 0.4) is 0 Å². The number of ether oxygens (including phenoxy) is 2. The molecule has 0 heterocycles. The molecule has 10 heteroatoms. The maximum Gasteiger partial charge on any atom is 0.326 e. The van der Waals surface area contributed by atoms with Gasteiger partial charge in [-0.05, 0) is 17.7 Å². The van der Waals surface area contributed by atoms with Gasteiger partial charge in [0.1, 0.15) is 25.1 Å². The van der Waals surface area contributed by atoms with Gasteiger partial charge in [-0.15, -0.1) is 0 Å². The van der Waals surface area contributed by atoms with Crippen LogP contribution >= 0.6 is 0 Å². The van der Waals surface area contributed by atoms with E-state index in [9.17, 15) is 29.1 Å². The molecule has 0 fully saturated rings. The number of carbonyl (C=O) groups excluding carboxylic acids is 4. The molecule has 2 rings (SSSR count). The monoisotopic (exact) mass is 456 g/mol. The number of benzene rings is 2. The molecule has 0 saturated heterocycles. The summed E-state index contributed by atoms with van der Waals surface area (Å²) < 4.78 is 9.94. The summed E-state index contributed by atoms with van der Waals surface area (Å²) in [6.45, 7) is -0.331. The maximum absolute atomic E-state index is 12.5. The van der Waals surface area contributed by atoms with Gasteiger partial charge in [-0.2, -0.15) is 0 Å². The Balaban J connectivity index is 2.01. The SMILES string of the molecule is CC(=O)N(CC(=O)OCC(=O)C(C(=O)OCc1ccccc1)C(N)C(=O)O)c1ccccc1. The van der Waals surface area contributed by atoms with Crippen LogP contribution in [0.25, 0.3) is 0 Å². The highest BCUT2D eigenvalue weighted by molar-refractivity contribution is 6.04. The molecule has 2 aromatic rings. The van der Waals surface area contributed by atoms with Crippen molar-refractivity contribution in [3.05, 3.63) is 66.2 Å². The molecule has 1 amide bonds. The van der Waals surface area contributed by atoms with Crippen molar-refractivity contribution in [2.75, 3.05) is 18.1 Å². The Bertz CT molecular complexity index is 994. The number of hydrogen-bond donors (Lipinski definition) is 2. The van der Waals surface area contributed by atoms with Crippen molar-refractivity contribution < 1.29 is 38.6 Å². The number of ketones is 1. The second-order valence-electron chi connectivity index (χ2n) is 7.00. The lowest BCUT2D eigenvalue weighted by molar-refractivity contribution is -0.161.